The van der Waals surface area contributed by atoms with Crippen LogP contribution in [0.5, 0.6) is 0 Å². The molecule has 0 radical (unpaired) electrons. The van der Waals surface area contributed by atoms with Gasteiger partial charge in [-0.05, 0) is 87.2 Å². The van der Waals surface area contributed by atoms with Crippen LogP contribution >= 0.6 is 0 Å². The second kappa shape index (κ2) is 6.57. The van der Waals surface area contributed by atoms with Crippen LogP contribution in [0.15, 0.2) is 34.9 Å². The molecule has 0 aromatic carbocycles. The molecule has 3 aliphatic carbocycles. The Kier molecular flexibility index (Phi) is 4.85. The average Bonchev–Trinajstić information content (AvgIpc) is 2.86. The SMILES string of the molecule is CC1=C(/C=C/C2=CCC[C@]3(C)[C@@H](C(C)O)CC[C@@H]23)C[C@H](O)CC1. The summed E-state index contributed by atoms with van der Waals surface area (Å²) in [6.45, 7) is 6.55. The van der Waals surface area contributed by atoms with E-state index in [0.717, 1.165) is 32.1 Å². The molecule has 3 rings (SSSR count). The van der Waals surface area contributed by atoms with Crippen molar-refractivity contribution < 1.29 is 10.2 Å². The van der Waals surface area contributed by atoms with Crippen molar-refractivity contribution in [1.29, 1.82) is 0 Å². The molecule has 2 N–H and O–H groups in total. The summed E-state index contributed by atoms with van der Waals surface area (Å²) in [4.78, 5) is 0. The monoisotopic (exact) mass is 316 g/mol. The molecule has 0 saturated heterocycles. The molecule has 0 bridgehead atoms. The molecule has 1 unspecified atom stereocenters. The van der Waals surface area contributed by atoms with Crippen LogP contribution in [0.2, 0.25) is 0 Å². The van der Waals surface area contributed by atoms with Gasteiger partial charge in [-0.3, -0.25) is 0 Å². The second-order valence-electron chi connectivity index (χ2n) is 8.26. The quantitative estimate of drug-likeness (QED) is 0.802. The Hall–Kier alpha value is -0.860. The van der Waals surface area contributed by atoms with Gasteiger partial charge in [-0.25, -0.2) is 0 Å². The number of fused-ring (bicyclic) bond motifs is 1. The van der Waals surface area contributed by atoms with Crippen LogP contribution in [-0.4, -0.2) is 22.4 Å². The van der Waals surface area contributed by atoms with Gasteiger partial charge in [-0.1, -0.05) is 30.7 Å². The molecule has 0 aliphatic heterocycles. The predicted octanol–water partition coefficient (Wildman–Crippen LogP) is 4.54. The Labute approximate surface area is 141 Å². The maximum Gasteiger partial charge on any atom is 0.0583 e. The lowest BCUT2D eigenvalue weighted by Crippen LogP contribution is -2.36. The molecule has 3 aliphatic rings. The summed E-state index contributed by atoms with van der Waals surface area (Å²) in [5.74, 6) is 1.02. The largest absolute Gasteiger partial charge is 0.393 e. The predicted molar refractivity (Wildman–Crippen MR) is 95.0 cm³/mol. The molecular formula is C21H32O2. The molecule has 23 heavy (non-hydrogen) atoms. The van der Waals surface area contributed by atoms with E-state index < -0.39 is 0 Å². The molecule has 0 aromatic heterocycles. The highest BCUT2D eigenvalue weighted by molar-refractivity contribution is 5.36. The Morgan fingerprint density at radius 2 is 2.04 bits per heavy atom. The van der Waals surface area contributed by atoms with E-state index in [-0.39, 0.29) is 17.6 Å². The zero-order valence-corrected chi connectivity index (χ0v) is 14.9. The normalized spacial score (nSPS) is 39.5. The Morgan fingerprint density at radius 1 is 1.26 bits per heavy atom. The van der Waals surface area contributed by atoms with Crippen molar-refractivity contribution in [3.63, 3.8) is 0 Å². The summed E-state index contributed by atoms with van der Waals surface area (Å²) >= 11 is 0. The van der Waals surface area contributed by atoms with E-state index in [9.17, 15) is 10.2 Å². The van der Waals surface area contributed by atoms with Crippen molar-refractivity contribution in [2.24, 2.45) is 17.3 Å². The minimum absolute atomic E-state index is 0.171. The maximum atomic E-state index is 10.2. The molecule has 0 aromatic rings. The van der Waals surface area contributed by atoms with E-state index in [1.807, 2.05) is 6.92 Å². The van der Waals surface area contributed by atoms with Crippen LogP contribution in [-0.2, 0) is 0 Å². The summed E-state index contributed by atoms with van der Waals surface area (Å²) < 4.78 is 0. The summed E-state index contributed by atoms with van der Waals surface area (Å²) in [6, 6.07) is 0. The topological polar surface area (TPSA) is 40.5 Å². The number of allylic oxidation sites excluding steroid dienone is 5. The van der Waals surface area contributed by atoms with Gasteiger partial charge in [0, 0.05) is 0 Å². The summed E-state index contributed by atoms with van der Waals surface area (Å²) in [5, 5.41) is 20.1. The van der Waals surface area contributed by atoms with Crippen molar-refractivity contribution in [3.8, 4) is 0 Å². The van der Waals surface area contributed by atoms with E-state index in [1.165, 1.54) is 29.6 Å². The van der Waals surface area contributed by atoms with Crippen LogP contribution in [0.25, 0.3) is 0 Å². The average molecular weight is 316 g/mol. The van der Waals surface area contributed by atoms with Gasteiger partial charge in [-0.15, -0.1) is 0 Å². The summed E-state index contributed by atoms with van der Waals surface area (Å²) in [7, 11) is 0. The lowest BCUT2D eigenvalue weighted by atomic mass is 9.64. The Morgan fingerprint density at radius 3 is 2.78 bits per heavy atom. The van der Waals surface area contributed by atoms with Crippen molar-refractivity contribution in [1.82, 2.24) is 0 Å². The van der Waals surface area contributed by atoms with Crippen molar-refractivity contribution >= 4 is 0 Å². The third kappa shape index (κ3) is 3.21. The maximum absolute atomic E-state index is 10.2. The van der Waals surface area contributed by atoms with Gasteiger partial charge >= 0.3 is 0 Å². The van der Waals surface area contributed by atoms with E-state index in [2.05, 4.69) is 32.1 Å². The fourth-order valence-electron chi connectivity index (χ4n) is 5.32. The highest BCUT2D eigenvalue weighted by Crippen LogP contribution is 2.57. The smallest absolute Gasteiger partial charge is 0.0583 e. The van der Waals surface area contributed by atoms with E-state index >= 15 is 0 Å². The van der Waals surface area contributed by atoms with Crippen LogP contribution in [0.1, 0.15) is 65.7 Å². The first-order valence-electron chi connectivity index (χ1n) is 9.34. The van der Waals surface area contributed by atoms with Gasteiger partial charge in [0.1, 0.15) is 0 Å². The lowest BCUT2D eigenvalue weighted by molar-refractivity contribution is 0.0372. The lowest BCUT2D eigenvalue weighted by Gasteiger charge is -2.41. The third-order valence-electron chi connectivity index (χ3n) is 6.79. The minimum atomic E-state index is -0.202. The van der Waals surface area contributed by atoms with E-state index in [1.54, 1.807) is 0 Å². The second-order valence-corrected chi connectivity index (χ2v) is 8.26. The molecule has 0 spiro atoms. The first kappa shape index (κ1) is 17.0. The zero-order chi connectivity index (χ0) is 16.6. The number of rotatable bonds is 3. The third-order valence-corrected chi connectivity index (χ3v) is 6.79. The highest BCUT2D eigenvalue weighted by Gasteiger charge is 2.49. The van der Waals surface area contributed by atoms with Gasteiger partial charge in [0.2, 0.25) is 0 Å². The number of hydrogen-bond donors (Lipinski definition) is 2. The molecule has 0 amide bonds. The molecule has 128 valence electrons. The van der Waals surface area contributed by atoms with Gasteiger partial charge in [0.25, 0.3) is 0 Å². The van der Waals surface area contributed by atoms with Crippen molar-refractivity contribution in [2.75, 3.05) is 0 Å². The molecule has 5 atom stereocenters. The molecule has 2 heteroatoms. The Bertz CT molecular complexity index is 540. The molecule has 0 heterocycles. The van der Waals surface area contributed by atoms with Gasteiger partial charge < -0.3 is 10.2 Å². The van der Waals surface area contributed by atoms with Crippen LogP contribution in [0.3, 0.4) is 0 Å². The Balaban J connectivity index is 1.79. The first-order chi connectivity index (χ1) is 10.9. The fourth-order valence-corrected chi connectivity index (χ4v) is 5.32. The molecule has 2 nitrogen and oxygen atoms in total. The van der Waals surface area contributed by atoms with Gasteiger partial charge in [0.15, 0.2) is 0 Å². The van der Waals surface area contributed by atoms with Crippen molar-refractivity contribution in [2.45, 2.75) is 77.9 Å². The van der Waals surface area contributed by atoms with Crippen LogP contribution in [0.4, 0.5) is 0 Å². The van der Waals surface area contributed by atoms with E-state index in [0.29, 0.717) is 11.8 Å². The summed E-state index contributed by atoms with van der Waals surface area (Å²) in [5.41, 5.74) is 4.46. The summed E-state index contributed by atoms with van der Waals surface area (Å²) in [6.07, 6.45) is 14.0. The van der Waals surface area contributed by atoms with Crippen LogP contribution < -0.4 is 0 Å². The number of aliphatic hydroxyl groups is 2. The first-order valence-corrected chi connectivity index (χ1v) is 9.34. The molecule has 1 fully saturated rings. The fraction of sp³-hybridized carbons (Fsp3) is 0.714. The molecular weight excluding hydrogens is 284 g/mol. The number of hydrogen-bond acceptors (Lipinski definition) is 2. The van der Waals surface area contributed by atoms with Gasteiger partial charge in [-0.2, -0.15) is 0 Å². The van der Waals surface area contributed by atoms with E-state index in [4.69, 9.17) is 0 Å². The van der Waals surface area contributed by atoms with Gasteiger partial charge in [0.05, 0.1) is 12.2 Å². The van der Waals surface area contributed by atoms with Crippen molar-refractivity contribution in [3.05, 3.63) is 34.9 Å². The minimum Gasteiger partial charge on any atom is -0.393 e. The van der Waals surface area contributed by atoms with Crippen LogP contribution in [0, 0.1) is 17.3 Å². The standard InChI is InChI=1S/C21H32O2/c1-14-6-9-18(23)13-17(14)8-7-16-5-4-12-21(3)19(15(2)22)10-11-20(16)21/h5,7-8,15,18-20,22-23H,4,6,9-13H2,1-3H3/b8-7+/t15?,18-,19-,20+,21-/m1/s1. The number of aliphatic hydroxyl groups excluding tert-OH is 2. The highest BCUT2D eigenvalue weighted by atomic mass is 16.3. The molecule has 1 saturated carbocycles. The zero-order valence-electron chi connectivity index (χ0n) is 14.9.